The van der Waals surface area contributed by atoms with Crippen molar-refractivity contribution in [3.8, 4) is 17.0 Å². The van der Waals surface area contributed by atoms with Crippen molar-refractivity contribution in [2.75, 3.05) is 13.7 Å². The number of halogens is 3. The van der Waals surface area contributed by atoms with Crippen LogP contribution in [0.25, 0.3) is 22.2 Å². The summed E-state index contributed by atoms with van der Waals surface area (Å²) in [4.78, 5) is 17.2. The molecule has 1 heterocycles. The number of amides is 1. The molecule has 0 saturated carbocycles. The lowest BCUT2D eigenvalue weighted by atomic mass is 10.0. The molecule has 32 heavy (non-hydrogen) atoms. The number of alkyl halides is 3. The van der Waals surface area contributed by atoms with Crippen molar-refractivity contribution in [3.63, 3.8) is 0 Å². The van der Waals surface area contributed by atoms with Crippen LogP contribution in [0.1, 0.15) is 36.2 Å². The van der Waals surface area contributed by atoms with Crippen molar-refractivity contribution in [2.24, 2.45) is 5.92 Å². The quantitative estimate of drug-likeness (QED) is 0.532. The predicted octanol–water partition coefficient (Wildman–Crippen LogP) is 5.07. The van der Waals surface area contributed by atoms with Crippen molar-refractivity contribution >= 4 is 16.8 Å². The van der Waals surface area contributed by atoms with Gasteiger partial charge in [-0.1, -0.05) is 26.0 Å². The number of nitrogens with one attached hydrogen (secondary N) is 1. The maximum atomic E-state index is 12.9. The van der Waals surface area contributed by atoms with E-state index in [1.165, 1.54) is 19.2 Å². The first-order valence-electron chi connectivity index (χ1n) is 10.2. The lowest BCUT2D eigenvalue weighted by Crippen LogP contribution is -2.38. The van der Waals surface area contributed by atoms with Gasteiger partial charge in [0.2, 0.25) is 0 Å². The van der Waals surface area contributed by atoms with Crippen LogP contribution < -0.4 is 10.1 Å². The van der Waals surface area contributed by atoms with Gasteiger partial charge in [-0.2, -0.15) is 13.2 Å². The zero-order chi connectivity index (χ0) is 23.5. The summed E-state index contributed by atoms with van der Waals surface area (Å²) < 4.78 is 44.0. The van der Waals surface area contributed by atoms with Gasteiger partial charge in [-0.15, -0.1) is 0 Å². The number of methoxy groups -OCH3 is 1. The molecule has 5 nitrogen and oxygen atoms in total. The number of ether oxygens (including phenoxy) is 1. The van der Waals surface area contributed by atoms with E-state index in [1.807, 2.05) is 13.8 Å². The number of aliphatic hydroxyl groups excluding tert-OH is 1. The fraction of sp³-hybridized carbons (Fsp3) is 0.333. The van der Waals surface area contributed by atoms with Crippen LogP contribution in [0.3, 0.4) is 0 Å². The molecule has 1 amide bonds. The van der Waals surface area contributed by atoms with Gasteiger partial charge in [-0.05, 0) is 42.7 Å². The molecule has 0 spiro atoms. The fourth-order valence-corrected chi connectivity index (χ4v) is 3.50. The van der Waals surface area contributed by atoms with E-state index >= 15 is 0 Å². The van der Waals surface area contributed by atoms with Crippen molar-refractivity contribution in [2.45, 2.75) is 32.5 Å². The van der Waals surface area contributed by atoms with Gasteiger partial charge in [0.25, 0.3) is 5.91 Å². The van der Waals surface area contributed by atoms with Crippen LogP contribution in [0.4, 0.5) is 13.2 Å². The van der Waals surface area contributed by atoms with E-state index in [2.05, 4.69) is 10.3 Å². The van der Waals surface area contributed by atoms with Gasteiger partial charge in [0.1, 0.15) is 5.75 Å². The van der Waals surface area contributed by atoms with E-state index in [0.717, 1.165) is 12.1 Å². The van der Waals surface area contributed by atoms with E-state index in [4.69, 9.17) is 4.74 Å². The van der Waals surface area contributed by atoms with Crippen LogP contribution in [0.5, 0.6) is 5.75 Å². The number of aromatic nitrogens is 1. The second kappa shape index (κ2) is 9.56. The Hall–Kier alpha value is -3.13. The second-order valence-corrected chi connectivity index (χ2v) is 8.00. The van der Waals surface area contributed by atoms with Gasteiger partial charge in [0.15, 0.2) is 0 Å². The number of nitrogens with zero attached hydrogens (tertiary/aromatic N) is 1. The van der Waals surface area contributed by atoms with Gasteiger partial charge < -0.3 is 15.2 Å². The molecule has 0 radical (unpaired) electrons. The number of carbonyl (C=O) groups excluding carboxylic acids is 1. The van der Waals surface area contributed by atoms with Gasteiger partial charge in [-0.25, -0.2) is 4.98 Å². The summed E-state index contributed by atoms with van der Waals surface area (Å²) in [6, 6.07) is 10.9. The van der Waals surface area contributed by atoms with E-state index in [0.29, 0.717) is 45.8 Å². The summed E-state index contributed by atoms with van der Waals surface area (Å²) in [6.07, 6.45) is -3.78. The van der Waals surface area contributed by atoms with Crippen LogP contribution in [0.15, 0.2) is 48.5 Å². The van der Waals surface area contributed by atoms with Gasteiger partial charge in [-0.3, -0.25) is 4.79 Å². The van der Waals surface area contributed by atoms with E-state index < -0.39 is 11.7 Å². The molecule has 0 bridgehead atoms. The molecular formula is C24H25F3N2O3. The van der Waals surface area contributed by atoms with Gasteiger partial charge >= 0.3 is 6.18 Å². The number of hydrogen-bond donors (Lipinski definition) is 2. The lowest BCUT2D eigenvalue weighted by Gasteiger charge is -2.18. The molecule has 170 valence electrons. The third-order valence-electron chi connectivity index (χ3n) is 5.07. The summed E-state index contributed by atoms with van der Waals surface area (Å²) in [6.45, 7) is 3.84. The highest BCUT2D eigenvalue weighted by atomic mass is 19.4. The molecular weight excluding hydrogens is 421 g/mol. The third-order valence-corrected chi connectivity index (χ3v) is 5.07. The van der Waals surface area contributed by atoms with Gasteiger partial charge in [0, 0.05) is 22.6 Å². The van der Waals surface area contributed by atoms with Crippen LogP contribution >= 0.6 is 0 Å². The fourth-order valence-electron chi connectivity index (χ4n) is 3.50. The van der Waals surface area contributed by atoms with Crippen LogP contribution in [-0.4, -0.2) is 35.8 Å². The summed E-state index contributed by atoms with van der Waals surface area (Å²) in [5, 5.41) is 13.0. The topological polar surface area (TPSA) is 71.5 Å². The highest BCUT2D eigenvalue weighted by molar-refractivity contribution is 5.99. The molecule has 0 aliphatic rings. The molecule has 0 aliphatic heterocycles. The first-order chi connectivity index (χ1) is 15.1. The number of pyridine rings is 1. The number of aliphatic hydroxyl groups is 1. The summed E-state index contributed by atoms with van der Waals surface area (Å²) in [5.74, 6) is 0.457. The summed E-state index contributed by atoms with van der Waals surface area (Å²) in [5.41, 5.74) is 1.00. The van der Waals surface area contributed by atoms with E-state index in [-0.39, 0.29) is 18.6 Å². The van der Waals surface area contributed by atoms with Crippen molar-refractivity contribution in [1.82, 2.24) is 10.3 Å². The minimum Gasteiger partial charge on any atom is -0.496 e. The molecule has 2 aromatic carbocycles. The zero-order valence-corrected chi connectivity index (χ0v) is 18.0. The molecule has 1 atom stereocenters. The molecule has 3 aromatic rings. The highest BCUT2D eigenvalue weighted by Gasteiger charge is 2.30. The number of fused-ring (bicyclic) bond motifs is 1. The normalized spacial score (nSPS) is 12.8. The second-order valence-electron chi connectivity index (χ2n) is 8.00. The Kier molecular flexibility index (Phi) is 7.03. The molecule has 0 saturated heterocycles. The first-order valence-corrected chi connectivity index (χ1v) is 10.2. The molecule has 0 aliphatic carbocycles. The highest BCUT2D eigenvalue weighted by Crippen LogP contribution is 2.33. The number of hydrogen-bond acceptors (Lipinski definition) is 4. The Balaban J connectivity index is 1.97. The Labute approximate surface area is 184 Å². The summed E-state index contributed by atoms with van der Waals surface area (Å²) in [7, 11) is 1.49. The molecule has 1 aromatic heterocycles. The SMILES string of the molecule is COc1cc(-c2ccc(C(F)(F)F)cc2)nc2cc(C(=O)N[C@@H](CO)CC(C)C)ccc12. The zero-order valence-electron chi connectivity index (χ0n) is 18.0. The van der Waals surface area contributed by atoms with Crippen molar-refractivity contribution in [1.29, 1.82) is 0 Å². The predicted molar refractivity (Wildman–Crippen MR) is 117 cm³/mol. The Bertz CT molecular complexity index is 1100. The first kappa shape index (κ1) is 23.5. The summed E-state index contributed by atoms with van der Waals surface area (Å²) >= 11 is 0. The van der Waals surface area contributed by atoms with Crippen molar-refractivity contribution in [3.05, 3.63) is 59.7 Å². The monoisotopic (exact) mass is 446 g/mol. The Morgan fingerprint density at radius 1 is 1.12 bits per heavy atom. The van der Waals surface area contributed by atoms with Crippen molar-refractivity contribution < 1.29 is 27.8 Å². The minimum atomic E-state index is -4.42. The number of benzene rings is 2. The molecule has 2 N–H and O–H groups in total. The minimum absolute atomic E-state index is 0.165. The third kappa shape index (κ3) is 5.37. The standard InChI is InChI=1S/C24H25F3N2O3/c1-14(2)10-18(13-30)28-23(31)16-6-9-19-21(11-16)29-20(12-22(19)32-3)15-4-7-17(8-5-15)24(25,26)27/h4-9,11-12,14,18,30H,10,13H2,1-3H3,(H,28,31)/t18-/m1/s1. The average molecular weight is 446 g/mol. The molecule has 0 fully saturated rings. The smallest absolute Gasteiger partial charge is 0.416 e. The Morgan fingerprint density at radius 2 is 1.81 bits per heavy atom. The maximum absolute atomic E-state index is 12.9. The largest absolute Gasteiger partial charge is 0.496 e. The van der Waals surface area contributed by atoms with Crippen LogP contribution in [0, 0.1) is 5.92 Å². The molecule has 3 rings (SSSR count). The maximum Gasteiger partial charge on any atom is 0.416 e. The van der Waals surface area contributed by atoms with Crippen LogP contribution in [-0.2, 0) is 6.18 Å². The van der Waals surface area contributed by atoms with Crippen LogP contribution in [0.2, 0.25) is 0 Å². The number of rotatable bonds is 7. The lowest BCUT2D eigenvalue weighted by molar-refractivity contribution is -0.137. The number of carbonyl (C=O) groups is 1. The van der Waals surface area contributed by atoms with E-state index in [9.17, 15) is 23.1 Å². The van der Waals surface area contributed by atoms with E-state index in [1.54, 1.807) is 24.3 Å². The Morgan fingerprint density at radius 3 is 2.38 bits per heavy atom. The molecule has 0 unspecified atom stereocenters. The molecule has 8 heteroatoms. The average Bonchev–Trinajstić information content (AvgIpc) is 2.76. The van der Waals surface area contributed by atoms with Gasteiger partial charge in [0.05, 0.1) is 36.5 Å².